The van der Waals surface area contributed by atoms with Crippen molar-refractivity contribution in [3.8, 4) is 0 Å². The van der Waals surface area contributed by atoms with Crippen LogP contribution in [0.15, 0.2) is 37.2 Å². The molecule has 6 N–H and O–H groups in total. The number of rotatable bonds is 4. The Morgan fingerprint density at radius 3 is 1.40 bits per heavy atom. The molecule has 0 radical (unpaired) electrons. The molecule has 0 rings (SSSR count). The van der Waals surface area contributed by atoms with Crippen LogP contribution in [0.25, 0.3) is 0 Å². The number of nitrogens with two attached hydrogens (primary N) is 2. The summed E-state index contributed by atoms with van der Waals surface area (Å²) in [5.74, 6) is 0. The van der Waals surface area contributed by atoms with Gasteiger partial charge < -0.3 is 22.1 Å². The zero-order valence-corrected chi connectivity index (χ0v) is 5.62. The molecule has 0 unspecified atom stereocenters. The summed E-state index contributed by atoms with van der Waals surface area (Å²) in [7, 11) is 0. The van der Waals surface area contributed by atoms with E-state index in [2.05, 4.69) is 10.6 Å². The molecule has 4 heteroatoms. The number of nitrogens with one attached hydrogen (secondary N) is 2. The maximum absolute atomic E-state index is 5.04. The third-order valence-corrected chi connectivity index (χ3v) is 0.661. The van der Waals surface area contributed by atoms with E-state index in [-0.39, 0.29) is 0 Å². The standard InChI is InChI=1S/C6H12N4/c7-1-3-9-5-6-10-4-2-8/h1-6,9-10H,7-8H2. The maximum atomic E-state index is 5.04. The van der Waals surface area contributed by atoms with Crippen molar-refractivity contribution < 1.29 is 0 Å². The number of hydrogen-bond donors (Lipinski definition) is 4. The molecule has 0 aliphatic carbocycles. The first kappa shape index (κ1) is 8.42. The SMILES string of the molecule is NC=CNC=CNC=CN. The van der Waals surface area contributed by atoms with Crippen molar-refractivity contribution in [1.82, 2.24) is 10.6 Å². The average Bonchev–Trinajstić information content (AvgIpc) is 1.97. The first-order valence-electron chi connectivity index (χ1n) is 2.82. The normalized spacial score (nSPS) is 11.6. The molecule has 0 heterocycles. The molecule has 0 saturated carbocycles. The van der Waals surface area contributed by atoms with Crippen molar-refractivity contribution >= 4 is 0 Å². The molecule has 4 nitrogen and oxygen atoms in total. The molecule has 0 aromatic rings. The second kappa shape index (κ2) is 7.42. The molecule has 0 aliphatic heterocycles. The van der Waals surface area contributed by atoms with E-state index in [0.29, 0.717) is 0 Å². The van der Waals surface area contributed by atoms with Crippen molar-refractivity contribution in [1.29, 1.82) is 0 Å². The van der Waals surface area contributed by atoms with Gasteiger partial charge in [-0.05, 0) is 0 Å². The summed E-state index contributed by atoms with van der Waals surface area (Å²) in [6, 6.07) is 0. The van der Waals surface area contributed by atoms with Crippen molar-refractivity contribution in [2.45, 2.75) is 0 Å². The number of hydrogen-bond acceptors (Lipinski definition) is 4. The van der Waals surface area contributed by atoms with Crippen LogP contribution in [0.3, 0.4) is 0 Å². The molecule has 0 bridgehead atoms. The summed E-state index contributed by atoms with van der Waals surface area (Å²) in [6.07, 6.45) is 9.38. The summed E-state index contributed by atoms with van der Waals surface area (Å²) in [4.78, 5) is 0. The topological polar surface area (TPSA) is 76.1 Å². The minimum atomic E-state index is 1.41. The quantitative estimate of drug-likeness (QED) is 0.424. The van der Waals surface area contributed by atoms with Gasteiger partial charge in [0.25, 0.3) is 0 Å². The highest BCUT2D eigenvalue weighted by atomic mass is 14.9. The van der Waals surface area contributed by atoms with Gasteiger partial charge in [-0.1, -0.05) is 0 Å². The van der Waals surface area contributed by atoms with Gasteiger partial charge in [0.1, 0.15) is 0 Å². The van der Waals surface area contributed by atoms with Crippen molar-refractivity contribution in [2.75, 3.05) is 0 Å². The summed E-state index contributed by atoms with van der Waals surface area (Å²) < 4.78 is 0. The van der Waals surface area contributed by atoms with Gasteiger partial charge in [-0.3, -0.25) is 0 Å². The van der Waals surface area contributed by atoms with Gasteiger partial charge in [0.15, 0.2) is 0 Å². The van der Waals surface area contributed by atoms with Crippen LogP contribution in [-0.2, 0) is 0 Å². The summed E-state index contributed by atoms with van der Waals surface area (Å²) in [5, 5.41) is 5.54. The van der Waals surface area contributed by atoms with Gasteiger partial charge in [-0.2, -0.15) is 0 Å². The van der Waals surface area contributed by atoms with Gasteiger partial charge in [0.05, 0.1) is 0 Å². The third-order valence-electron chi connectivity index (χ3n) is 0.661. The molecule has 56 valence electrons. The predicted octanol–water partition coefficient (Wildman–Crippen LogP) is -0.503. The van der Waals surface area contributed by atoms with Gasteiger partial charge in [-0.25, -0.2) is 0 Å². The largest absolute Gasteiger partial charge is 0.403 e. The van der Waals surface area contributed by atoms with Crippen molar-refractivity contribution in [3.05, 3.63) is 37.2 Å². The van der Waals surface area contributed by atoms with Crippen LogP contribution in [0.2, 0.25) is 0 Å². The van der Waals surface area contributed by atoms with Crippen LogP contribution < -0.4 is 22.1 Å². The predicted molar refractivity (Wildman–Crippen MR) is 42.1 cm³/mol. The Bertz CT molecular complexity index is 121. The minimum Gasteiger partial charge on any atom is -0.403 e. The van der Waals surface area contributed by atoms with E-state index in [1.165, 1.54) is 12.4 Å². The molecule has 0 amide bonds. The monoisotopic (exact) mass is 140 g/mol. The van der Waals surface area contributed by atoms with Crippen LogP contribution in [0, 0.1) is 0 Å². The van der Waals surface area contributed by atoms with E-state index < -0.39 is 0 Å². The van der Waals surface area contributed by atoms with Gasteiger partial charge in [0.2, 0.25) is 0 Å². The Morgan fingerprint density at radius 2 is 1.10 bits per heavy atom. The lowest BCUT2D eigenvalue weighted by molar-refractivity contribution is 1.11. The van der Waals surface area contributed by atoms with E-state index in [4.69, 9.17) is 11.5 Å². The molecule has 0 aromatic carbocycles. The molecule has 0 atom stereocenters. The van der Waals surface area contributed by atoms with E-state index >= 15 is 0 Å². The molecule has 0 aliphatic rings. The van der Waals surface area contributed by atoms with Crippen LogP contribution in [0.1, 0.15) is 0 Å². The second-order valence-electron chi connectivity index (χ2n) is 1.38. The van der Waals surface area contributed by atoms with Gasteiger partial charge in [0, 0.05) is 37.2 Å². The lowest BCUT2D eigenvalue weighted by atomic mass is 10.8. The highest BCUT2D eigenvalue weighted by Gasteiger charge is 1.62. The van der Waals surface area contributed by atoms with E-state index in [1.54, 1.807) is 24.8 Å². The molecule has 0 fully saturated rings. The lowest BCUT2D eigenvalue weighted by Gasteiger charge is -1.88. The Balaban J connectivity index is 3.20. The summed E-state index contributed by atoms with van der Waals surface area (Å²) in [6.45, 7) is 0. The smallest absolute Gasteiger partial charge is 0.0167 e. The summed E-state index contributed by atoms with van der Waals surface area (Å²) in [5.41, 5.74) is 10.1. The van der Waals surface area contributed by atoms with Crippen molar-refractivity contribution in [3.63, 3.8) is 0 Å². The Kier molecular flexibility index (Phi) is 6.25. The highest BCUT2D eigenvalue weighted by Crippen LogP contribution is 1.62. The molecular formula is C6H12N4. The third kappa shape index (κ3) is 6.42. The summed E-state index contributed by atoms with van der Waals surface area (Å²) >= 11 is 0. The fourth-order valence-electron chi connectivity index (χ4n) is 0.318. The fourth-order valence-corrected chi connectivity index (χ4v) is 0.318. The molecule has 0 saturated heterocycles. The minimum absolute atomic E-state index is 1.41. The maximum Gasteiger partial charge on any atom is 0.0167 e. The first-order valence-corrected chi connectivity index (χ1v) is 2.82. The van der Waals surface area contributed by atoms with Crippen LogP contribution in [0.4, 0.5) is 0 Å². The fraction of sp³-hybridized carbons (Fsp3) is 0. The first-order chi connectivity index (χ1) is 4.91. The van der Waals surface area contributed by atoms with E-state index in [9.17, 15) is 0 Å². The van der Waals surface area contributed by atoms with E-state index in [0.717, 1.165) is 0 Å². The average molecular weight is 140 g/mol. The van der Waals surface area contributed by atoms with Gasteiger partial charge in [-0.15, -0.1) is 0 Å². The Hall–Kier alpha value is -1.58. The van der Waals surface area contributed by atoms with Crippen molar-refractivity contribution in [2.24, 2.45) is 11.5 Å². The van der Waals surface area contributed by atoms with Crippen LogP contribution in [0.5, 0.6) is 0 Å². The zero-order chi connectivity index (χ0) is 7.66. The van der Waals surface area contributed by atoms with Crippen LogP contribution >= 0.6 is 0 Å². The molecule has 0 aromatic heterocycles. The highest BCUT2D eigenvalue weighted by molar-refractivity contribution is 4.88. The Labute approximate surface area is 60.3 Å². The second-order valence-corrected chi connectivity index (χ2v) is 1.38. The van der Waals surface area contributed by atoms with E-state index in [1.807, 2.05) is 0 Å². The molecule has 0 spiro atoms. The lowest BCUT2D eigenvalue weighted by Crippen LogP contribution is -1.99. The molecular weight excluding hydrogens is 128 g/mol. The van der Waals surface area contributed by atoms with Crippen LogP contribution in [-0.4, -0.2) is 0 Å². The Morgan fingerprint density at radius 1 is 0.700 bits per heavy atom. The van der Waals surface area contributed by atoms with Gasteiger partial charge >= 0.3 is 0 Å². The zero-order valence-electron chi connectivity index (χ0n) is 5.62. The molecule has 10 heavy (non-hydrogen) atoms.